The predicted molar refractivity (Wildman–Crippen MR) is 134 cm³/mol. The first-order valence-electron chi connectivity index (χ1n) is 12.7. The van der Waals surface area contributed by atoms with Crippen LogP contribution in [-0.4, -0.2) is 48.7 Å². The zero-order valence-electron chi connectivity index (χ0n) is 21.2. The van der Waals surface area contributed by atoms with Crippen LogP contribution < -0.4 is 5.56 Å². The molecule has 35 heavy (non-hydrogen) atoms. The van der Waals surface area contributed by atoms with E-state index in [0.717, 1.165) is 59.7 Å². The molecule has 4 rings (SSSR count). The summed E-state index contributed by atoms with van der Waals surface area (Å²) in [5.74, 6) is 0.270. The second kappa shape index (κ2) is 11.1. The Labute approximate surface area is 205 Å². The highest BCUT2D eigenvalue weighted by Crippen LogP contribution is 2.33. The van der Waals surface area contributed by atoms with Crippen LogP contribution in [0.5, 0.6) is 0 Å². The second-order valence-corrected chi connectivity index (χ2v) is 9.55. The van der Waals surface area contributed by atoms with Crippen molar-refractivity contribution >= 4 is 16.9 Å². The Bertz CT molecular complexity index is 1230. The van der Waals surface area contributed by atoms with E-state index in [0.29, 0.717) is 25.0 Å². The number of carbonyl (C=O) groups is 1. The molecule has 2 aromatic heterocycles. The number of carbonyl (C=O) groups excluding carboxylic acids is 1. The molecule has 1 fully saturated rings. The van der Waals surface area contributed by atoms with Gasteiger partial charge in [0.1, 0.15) is 6.54 Å². The molecule has 1 unspecified atom stereocenters. The third-order valence-corrected chi connectivity index (χ3v) is 7.02. The van der Waals surface area contributed by atoms with Crippen molar-refractivity contribution < 1.29 is 9.53 Å². The number of hydrogen-bond acceptors (Lipinski definition) is 7. The first kappa shape index (κ1) is 25.0. The Kier molecular flexibility index (Phi) is 7.95. The van der Waals surface area contributed by atoms with Crippen molar-refractivity contribution in [2.45, 2.75) is 91.4 Å². The van der Waals surface area contributed by atoms with Crippen molar-refractivity contribution in [1.29, 1.82) is 0 Å². The van der Waals surface area contributed by atoms with Gasteiger partial charge in [0.2, 0.25) is 0 Å². The molecule has 0 aliphatic heterocycles. The van der Waals surface area contributed by atoms with E-state index in [1.54, 1.807) is 11.6 Å². The summed E-state index contributed by atoms with van der Waals surface area (Å²) in [5, 5.41) is 13.3. The SMILES string of the molecule is CCOC(=O)Cn1nnnc1C(CC)N(Cc1cc2c(C)cc(C)cc2[nH]c1=O)C1CCCCC1. The van der Waals surface area contributed by atoms with Gasteiger partial charge in [0.05, 0.1) is 12.6 Å². The molecule has 0 saturated heterocycles. The highest BCUT2D eigenvalue weighted by atomic mass is 16.5. The number of aromatic nitrogens is 5. The lowest BCUT2D eigenvalue weighted by Crippen LogP contribution is -2.41. The molecular weight excluding hydrogens is 444 g/mol. The molecular formula is C26H36N6O3. The zero-order chi connectivity index (χ0) is 24.9. The van der Waals surface area contributed by atoms with Gasteiger partial charge in [-0.15, -0.1) is 5.10 Å². The maximum Gasteiger partial charge on any atom is 0.327 e. The van der Waals surface area contributed by atoms with Crippen LogP contribution in [0.25, 0.3) is 10.9 Å². The molecule has 0 amide bonds. The molecule has 9 heteroatoms. The molecule has 0 spiro atoms. The van der Waals surface area contributed by atoms with Crippen LogP contribution >= 0.6 is 0 Å². The van der Waals surface area contributed by atoms with E-state index in [2.05, 4.69) is 45.3 Å². The third kappa shape index (κ3) is 5.61. The minimum atomic E-state index is -0.364. The van der Waals surface area contributed by atoms with Gasteiger partial charge < -0.3 is 9.72 Å². The molecule has 0 radical (unpaired) electrons. The Morgan fingerprint density at radius 3 is 2.69 bits per heavy atom. The van der Waals surface area contributed by atoms with E-state index < -0.39 is 0 Å². The molecule has 1 N–H and O–H groups in total. The van der Waals surface area contributed by atoms with Gasteiger partial charge in [-0.2, -0.15) is 0 Å². The average molecular weight is 481 g/mol. The van der Waals surface area contributed by atoms with Crippen LogP contribution in [0.15, 0.2) is 23.0 Å². The number of fused-ring (bicyclic) bond motifs is 1. The smallest absolute Gasteiger partial charge is 0.327 e. The Balaban J connectivity index is 1.72. The van der Waals surface area contributed by atoms with Crippen molar-refractivity contribution in [1.82, 2.24) is 30.1 Å². The number of rotatable bonds is 9. The summed E-state index contributed by atoms with van der Waals surface area (Å²) >= 11 is 0. The quantitative estimate of drug-likeness (QED) is 0.462. The van der Waals surface area contributed by atoms with E-state index in [-0.39, 0.29) is 24.1 Å². The summed E-state index contributed by atoms with van der Waals surface area (Å²) in [4.78, 5) is 30.8. The number of esters is 1. The van der Waals surface area contributed by atoms with Gasteiger partial charge in [-0.1, -0.05) is 32.3 Å². The van der Waals surface area contributed by atoms with Gasteiger partial charge in [0, 0.05) is 29.1 Å². The van der Waals surface area contributed by atoms with Gasteiger partial charge in [-0.3, -0.25) is 14.5 Å². The topological polar surface area (TPSA) is 106 Å². The number of hydrogen-bond donors (Lipinski definition) is 1. The van der Waals surface area contributed by atoms with Crippen LogP contribution in [0.1, 0.15) is 80.9 Å². The van der Waals surface area contributed by atoms with Crippen molar-refractivity contribution in [2.24, 2.45) is 0 Å². The number of nitrogens with one attached hydrogen (secondary N) is 1. The number of ether oxygens (including phenoxy) is 1. The lowest BCUT2D eigenvalue weighted by Gasteiger charge is -2.39. The van der Waals surface area contributed by atoms with Crippen LogP contribution in [0.3, 0.4) is 0 Å². The molecule has 9 nitrogen and oxygen atoms in total. The van der Waals surface area contributed by atoms with E-state index >= 15 is 0 Å². The number of pyridine rings is 1. The highest BCUT2D eigenvalue weighted by molar-refractivity contribution is 5.83. The summed E-state index contributed by atoms with van der Waals surface area (Å²) in [6.45, 7) is 8.77. The van der Waals surface area contributed by atoms with Crippen molar-refractivity contribution in [2.75, 3.05) is 6.61 Å². The van der Waals surface area contributed by atoms with Gasteiger partial charge in [0.25, 0.3) is 5.56 Å². The molecule has 188 valence electrons. The van der Waals surface area contributed by atoms with Crippen LogP contribution in [0, 0.1) is 13.8 Å². The van der Waals surface area contributed by atoms with E-state index in [9.17, 15) is 9.59 Å². The summed E-state index contributed by atoms with van der Waals surface area (Å²) in [6, 6.07) is 6.38. The predicted octanol–water partition coefficient (Wildman–Crippen LogP) is 3.98. The van der Waals surface area contributed by atoms with Crippen LogP contribution in [-0.2, 0) is 22.6 Å². The number of H-pyrrole nitrogens is 1. The maximum atomic E-state index is 13.2. The molecule has 0 bridgehead atoms. The van der Waals surface area contributed by atoms with Crippen molar-refractivity contribution in [3.8, 4) is 0 Å². The maximum absolute atomic E-state index is 13.2. The monoisotopic (exact) mass is 480 g/mol. The Morgan fingerprint density at radius 1 is 1.20 bits per heavy atom. The van der Waals surface area contributed by atoms with E-state index in [1.807, 2.05) is 19.1 Å². The fourth-order valence-corrected chi connectivity index (χ4v) is 5.39. The number of aromatic amines is 1. The summed E-state index contributed by atoms with van der Waals surface area (Å²) in [5.41, 5.74) is 3.81. The van der Waals surface area contributed by atoms with Crippen molar-refractivity contribution in [3.63, 3.8) is 0 Å². The number of tetrazole rings is 1. The number of nitrogens with zero attached hydrogens (tertiary/aromatic N) is 5. The fraction of sp³-hybridized carbons (Fsp3) is 0.577. The molecule has 1 aliphatic rings. The second-order valence-electron chi connectivity index (χ2n) is 9.55. The van der Waals surface area contributed by atoms with Gasteiger partial charge in [-0.05, 0) is 73.7 Å². The first-order valence-corrected chi connectivity index (χ1v) is 12.7. The van der Waals surface area contributed by atoms with Crippen LogP contribution in [0.4, 0.5) is 0 Å². The minimum Gasteiger partial charge on any atom is -0.465 e. The number of aryl methyl sites for hydroxylation is 2. The molecule has 1 atom stereocenters. The lowest BCUT2D eigenvalue weighted by atomic mass is 9.92. The molecule has 1 aliphatic carbocycles. The largest absolute Gasteiger partial charge is 0.465 e. The normalized spacial score (nSPS) is 15.6. The number of benzene rings is 1. The van der Waals surface area contributed by atoms with Crippen LogP contribution in [0.2, 0.25) is 0 Å². The van der Waals surface area contributed by atoms with Gasteiger partial charge >= 0.3 is 5.97 Å². The summed E-state index contributed by atoms with van der Waals surface area (Å²) in [7, 11) is 0. The van der Waals surface area contributed by atoms with Crippen molar-refractivity contribution in [3.05, 3.63) is 51.1 Å². The minimum absolute atomic E-state index is 0.0275. The first-order chi connectivity index (χ1) is 16.9. The third-order valence-electron chi connectivity index (χ3n) is 7.02. The fourth-order valence-electron chi connectivity index (χ4n) is 5.39. The van der Waals surface area contributed by atoms with E-state index in [1.165, 1.54) is 6.42 Å². The Hall–Kier alpha value is -3.07. The Morgan fingerprint density at radius 2 is 1.97 bits per heavy atom. The standard InChI is InChI=1S/C26H36N6O3/c1-5-23(25-28-29-30-32(25)16-24(33)35-6-2)31(20-10-8-7-9-11-20)15-19-14-21-18(4)12-17(3)13-22(21)27-26(19)34/h12-14,20,23H,5-11,15-16H2,1-4H3,(H,27,34). The lowest BCUT2D eigenvalue weighted by molar-refractivity contribution is -0.144. The average Bonchev–Trinajstić information content (AvgIpc) is 3.27. The molecule has 1 saturated carbocycles. The summed E-state index contributed by atoms with van der Waals surface area (Å²) in [6.07, 6.45) is 6.45. The molecule has 1 aromatic carbocycles. The highest BCUT2D eigenvalue weighted by Gasteiger charge is 2.32. The van der Waals surface area contributed by atoms with Gasteiger partial charge in [0.15, 0.2) is 5.82 Å². The van der Waals surface area contributed by atoms with Gasteiger partial charge in [-0.25, -0.2) is 4.68 Å². The molecule has 3 aromatic rings. The summed E-state index contributed by atoms with van der Waals surface area (Å²) < 4.78 is 6.66. The zero-order valence-corrected chi connectivity index (χ0v) is 21.2. The molecule has 2 heterocycles. The van der Waals surface area contributed by atoms with E-state index in [4.69, 9.17) is 4.74 Å².